The van der Waals surface area contributed by atoms with Crippen LogP contribution in [-0.2, 0) is 6.54 Å². The van der Waals surface area contributed by atoms with E-state index in [-0.39, 0.29) is 0 Å². The second-order valence-corrected chi connectivity index (χ2v) is 5.51. The van der Waals surface area contributed by atoms with Crippen LogP contribution in [0, 0.1) is 0 Å². The van der Waals surface area contributed by atoms with Crippen LogP contribution in [0.15, 0.2) is 32.2 Å². The lowest BCUT2D eigenvalue weighted by molar-refractivity contribution is 0.420. The van der Waals surface area contributed by atoms with Crippen molar-refractivity contribution in [3.05, 3.63) is 44.7 Å². The predicted molar refractivity (Wildman–Crippen MR) is 78.2 cm³/mol. The van der Waals surface area contributed by atoms with E-state index in [1.165, 1.54) is 42.2 Å². The van der Waals surface area contributed by atoms with E-state index in [0.29, 0.717) is 23.4 Å². The Morgan fingerprint density at radius 2 is 1.95 bits per heavy atom. The maximum Gasteiger partial charge on any atom is 0.422 e. The van der Waals surface area contributed by atoms with Gasteiger partial charge >= 0.3 is 11.4 Å². The summed E-state index contributed by atoms with van der Waals surface area (Å²) in [6.45, 7) is 2.39. The summed E-state index contributed by atoms with van der Waals surface area (Å²) in [5.74, 6) is -0.00778. The molecule has 20 heavy (non-hydrogen) atoms. The number of benzene rings is 1. The van der Waals surface area contributed by atoms with Crippen molar-refractivity contribution >= 4 is 10.9 Å². The zero-order chi connectivity index (χ0) is 14.1. The lowest BCUT2D eigenvalue weighted by Gasteiger charge is -2.22. The van der Waals surface area contributed by atoms with Gasteiger partial charge in [0.05, 0.1) is 10.9 Å². The number of nitrogens with zero attached hydrogens (tertiary/aromatic N) is 1. The van der Waals surface area contributed by atoms with Crippen LogP contribution in [0.4, 0.5) is 0 Å². The molecule has 0 atom stereocenters. The molecule has 0 spiro atoms. The molecule has 106 valence electrons. The molecule has 4 heteroatoms. The van der Waals surface area contributed by atoms with Crippen molar-refractivity contribution in [2.24, 2.45) is 0 Å². The molecule has 0 aliphatic heterocycles. The van der Waals surface area contributed by atoms with Crippen LogP contribution in [0.3, 0.4) is 0 Å². The fourth-order valence-corrected chi connectivity index (χ4v) is 3.22. The Balaban J connectivity index is 2.18. The molecular weight excluding hydrogens is 254 g/mol. The Hall–Kier alpha value is -1.84. The van der Waals surface area contributed by atoms with Gasteiger partial charge in [-0.2, -0.15) is 0 Å². The second kappa shape index (κ2) is 5.27. The molecule has 1 fully saturated rings. The largest absolute Gasteiger partial charge is 0.422 e. The molecule has 2 aromatic rings. The number of rotatable bonds is 2. The third-order valence-electron chi connectivity index (χ3n) is 4.33. The van der Waals surface area contributed by atoms with Crippen molar-refractivity contribution in [3.8, 4) is 0 Å². The van der Waals surface area contributed by atoms with E-state index < -0.39 is 11.4 Å². The fraction of sp³-hybridized carbons (Fsp3) is 0.500. The number of hydrogen-bond acceptors (Lipinski definition) is 3. The quantitative estimate of drug-likeness (QED) is 0.845. The highest BCUT2D eigenvalue weighted by molar-refractivity contribution is 5.78. The average Bonchev–Trinajstić information content (AvgIpc) is 2.48. The van der Waals surface area contributed by atoms with Crippen molar-refractivity contribution in [3.63, 3.8) is 0 Å². The van der Waals surface area contributed by atoms with Crippen LogP contribution in [0.1, 0.15) is 50.5 Å². The molecule has 3 rings (SSSR count). The van der Waals surface area contributed by atoms with Crippen LogP contribution >= 0.6 is 0 Å². The van der Waals surface area contributed by atoms with Crippen LogP contribution in [0.25, 0.3) is 10.9 Å². The molecule has 1 aliphatic rings. The third-order valence-corrected chi connectivity index (χ3v) is 4.33. The Morgan fingerprint density at radius 1 is 1.20 bits per heavy atom. The van der Waals surface area contributed by atoms with E-state index in [0.717, 1.165) is 0 Å². The van der Waals surface area contributed by atoms with Gasteiger partial charge in [0.25, 0.3) is 0 Å². The molecule has 4 nitrogen and oxygen atoms in total. The summed E-state index contributed by atoms with van der Waals surface area (Å²) in [4.78, 5) is 23.5. The summed E-state index contributed by atoms with van der Waals surface area (Å²) < 4.78 is 6.28. The summed E-state index contributed by atoms with van der Waals surface area (Å²) in [5, 5.41) is 0.492. The van der Waals surface area contributed by atoms with Crippen LogP contribution in [-0.4, -0.2) is 4.57 Å². The molecule has 1 aromatic carbocycles. The molecule has 0 N–H and O–H groups in total. The van der Waals surface area contributed by atoms with Gasteiger partial charge in [0.15, 0.2) is 0 Å². The van der Waals surface area contributed by atoms with Crippen molar-refractivity contribution in [1.29, 1.82) is 0 Å². The lowest BCUT2D eigenvalue weighted by Crippen LogP contribution is -2.24. The van der Waals surface area contributed by atoms with Gasteiger partial charge in [-0.15, -0.1) is 0 Å². The number of aryl methyl sites for hydroxylation is 1. The van der Waals surface area contributed by atoms with Crippen molar-refractivity contribution in [1.82, 2.24) is 4.57 Å². The first kappa shape index (κ1) is 13.2. The minimum atomic E-state index is -0.564. The lowest BCUT2D eigenvalue weighted by atomic mass is 9.84. The minimum Gasteiger partial charge on any atom is -0.372 e. The smallest absolute Gasteiger partial charge is 0.372 e. The van der Waals surface area contributed by atoms with E-state index in [4.69, 9.17) is 4.42 Å². The van der Waals surface area contributed by atoms with E-state index in [2.05, 4.69) is 0 Å². The summed E-state index contributed by atoms with van der Waals surface area (Å²) in [6.07, 6.45) is 6.24. The van der Waals surface area contributed by atoms with E-state index in [9.17, 15) is 9.59 Å². The maximum atomic E-state index is 11.8. The zero-order valence-electron chi connectivity index (χ0n) is 11.7. The molecule has 0 radical (unpaired) electrons. The van der Waals surface area contributed by atoms with E-state index in [1.54, 1.807) is 6.07 Å². The molecule has 1 aromatic heterocycles. The van der Waals surface area contributed by atoms with E-state index in [1.807, 2.05) is 19.1 Å². The maximum absolute atomic E-state index is 11.8. The third kappa shape index (κ3) is 2.19. The molecule has 0 bridgehead atoms. The van der Waals surface area contributed by atoms with E-state index >= 15 is 0 Å². The topological polar surface area (TPSA) is 52.2 Å². The number of fused-ring (bicyclic) bond motifs is 1. The first-order chi connectivity index (χ1) is 9.70. The molecule has 1 heterocycles. The minimum absolute atomic E-state index is 0.492. The summed E-state index contributed by atoms with van der Waals surface area (Å²) >= 11 is 0. The first-order valence-electron chi connectivity index (χ1n) is 7.38. The van der Waals surface area contributed by atoms with Gasteiger partial charge in [0.1, 0.15) is 0 Å². The van der Waals surface area contributed by atoms with Crippen molar-refractivity contribution in [2.45, 2.75) is 51.5 Å². The summed E-state index contributed by atoms with van der Waals surface area (Å²) in [7, 11) is 0. The molecule has 1 saturated carbocycles. The highest BCUT2D eigenvalue weighted by Gasteiger charge is 2.17. The normalized spacial score (nSPS) is 16.6. The fourth-order valence-electron chi connectivity index (χ4n) is 3.22. The van der Waals surface area contributed by atoms with Gasteiger partial charge < -0.3 is 4.42 Å². The monoisotopic (exact) mass is 273 g/mol. The summed E-state index contributed by atoms with van der Waals surface area (Å²) in [6, 6.07) is 5.82. The average molecular weight is 273 g/mol. The number of aromatic nitrogens is 1. The number of hydrogen-bond donors (Lipinski definition) is 0. The van der Waals surface area contributed by atoms with Gasteiger partial charge in [-0.25, -0.2) is 9.59 Å². The molecular formula is C16H19NO3. The second-order valence-electron chi connectivity index (χ2n) is 5.51. The SMILES string of the molecule is CCn1c(=O)oc(=O)c2ccc(C3CCCCC3)cc21. The first-order valence-corrected chi connectivity index (χ1v) is 7.38. The van der Waals surface area contributed by atoms with Gasteiger partial charge in [0.2, 0.25) is 0 Å². The van der Waals surface area contributed by atoms with Gasteiger partial charge in [-0.05, 0) is 43.4 Å². The van der Waals surface area contributed by atoms with Crippen LogP contribution in [0.5, 0.6) is 0 Å². The highest BCUT2D eigenvalue weighted by atomic mass is 16.4. The van der Waals surface area contributed by atoms with Crippen molar-refractivity contribution < 1.29 is 4.42 Å². The van der Waals surface area contributed by atoms with Gasteiger partial charge in [-0.1, -0.05) is 25.3 Å². The van der Waals surface area contributed by atoms with Crippen LogP contribution in [0.2, 0.25) is 0 Å². The highest BCUT2D eigenvalue weighted by Crippen LogP contribution is 2.33. The summed E-state index contributed by atoms with van der Waals surface area (Å²) in [5.41, 5.74) is 1.41. The molecule has 0 amide bonds. The Bertz CT molecular complexity index is 735. The van der Waals surface area contributed by atoms with Crippen molar-refractivity contribution in [2.75, 3.05) is 0 Å². The molecule has 0 unspecified atom stereocenters. The van der Waals surface area contributed by atoms with Gasteiger partial charge in [-0.3, -0.25) is 4.57 Å². The molecule has 0 saturated heterocycles. The standard InChI is InChI=1S/C16H19NO3/c1-2-17-14-10-12(11-6-4-3-5-7-11)8-9-13(14)15(18)20-16(17)19/h8-11H,2-7H2,1H3. The predicted octanol–water partition coefficient (Wildman–Crippen LogP) is 3.02. The van der Waals surface area contributed by atoms with Gasteiger partial charge in [0, 0.05) is 6.54 Å². The Morgan fingerprint density at radius 3 is 2.65 bits per heavy atom. The Kier molecular flexibility index (Phi) is 3.47. The van der Waals surface area contributed by atoms with Crippen LogP contribution < -0.4 is 11.4 Å². The Labute approximate surface area is 117 Å². The zero-order valence-corrected chi connectivity index (χ0v) is 11.7. The molecule has 1 aliphatic carbocycles.